The molecule has 7 heteroatoms. The fraction of sp³-hybridized carbons (Fsp3) is 0.455. The molecule has 6 nitrogen and oxygen atoms in total. The van der Waals surface area contributed by atoms with Gasteiger partial charge in [0.05, 0.1) is 22.9 Å². The minimum atomic E-state index is -0.328. The first-order valence-electron chi connectivity index (χ1n) is 10.2. The molecule has 1 saturated heterocycles. The lowest BCUT2D eigenvalue weighted by Crippen LogP contribution is -2.40. The zero-order valence-corrected chi connectivity index (χ0v) is 18.0. The molecule has 1 unspecified atom stereocenters. The van der Waals surface area contributed by atoms with Crippen LogP contribution in [0.25, 0.3) is 0 Å². The summed E-state index contributed by atoms with van der Waals surface area (Å²) in [5, 5.41) is 10.7. The second kappa shape index (κ2) is 9.94. The number of likely N-dealkylation sites (tertiary alicyclic amines) is 1. The van der Waals surface area contributed by atoms with E-state index in [1.54, 1.807) is 18.3 Å². The number of para-hydroxylation sites is 1. The third-order valence-corrected chi connectivity index (χ3v) is 5.82. The van der Waals surface area contributed by atoms with Crippen molar-refractivity contribution in [3.05, 3.63) is 53.7 Å². The summed E-state index contributed by atoms with van der Waals surface area (Å²) in [5.41, 5.74) is 1.82. The van der Waals surface area contributed by atoms with Gasteiger partial charge in [0, 0.05) is 25.2 Å². The fourth-order valence-electron chi connectivity index (χ4n) is 3.75. The summed E-state index contributed by atoms with van der Waals surface area (Å²) in [4.78, 5) is 14.9. The van der Waals surface area contributed by atoms with Crippen LogP contribution in [-0.4, -0.2) is 39.8 Å². The first-order valence-corrected chi connectivity index (χ1v) is 10.6. The number of amides is 2. The molecule has 156 valence electrons. The van der Waals surface area contributed by atoms with Crippen LogP contribution in [0.15, 0.2) is 48.7 Å². The molecular formula is C22H30ClN5O. The quantitative estimate of drug-likeness (QED) is 0.581. The average molecular weight is 416 g/mol. The molecule has 1 aromatic carbocycles. The number of carbonyl (C=O) groups is 1. The Morgan fingerprint density at radius 3 is 2.69 bits per heavy atom. The van der Waals surface area contributed by atoms with E-state index in [0.29, 0.717) is 22.6 Å². The number of rotatable bonds is 7. The SMILES string of the molecule is C=C(C)CCC(C)N1CCC(n2nccc2NC(=O)Nc2ccccc2Cl)CC1. The Balaban J connectivity index is 1.55. The van der Waals surface area contributed by atoms with E-state index >= 15 is 0 Å². The van der Waals surface area contributed by atoms with Crippen LogP contribution < -0.4 is 10.6 Å². The Morgan fingerprint density at radius 2 is 2.00 bits per heavy atom. The molecule has 2 heterocycles. The molecule has 0 radical (unpaired) electrons. The van der Waals surface area contributed by atoms with Crippen LogP contribution in [0.5, 0.6) is 0 Å². The molecular weight excluding hydrogens is 386 g/mol. The van der Waals surface area contributed by atoms with Crippen LogP contribution in [0.2, 0.25) is 5.02 Å². The van der Waals surface area contributed by atoms with E-state index in [1.165, 1.54) is 5.57 Å². The van der Waals surface area contributed by atoms with Crippen LogP contribution in [0.3, 0.4) is 0 Å². The summed E-state index contributed by atoms with van der Waals surface area (Å²) in [7, 11) is 0. The van der Waals surface area contributed by atoms with Crippen molar-refractivity contribution in [2.75, 3.05) is 23.7 Å². The number of anilines is 2. The van der Waals surface area contributed by atoms with Crippen LogP contribution in [0.4, 0.5) is 16.3 Å². The maximum Gasteiger partial charge on any atom is 0.324 e. The minimum Gasteiger partial charge on any atom is -0.306 e. The zero-order chi connectivity index (χ0) is 20.8. The first kappa shape index (κ1) is 21.4. The Kier molecular flexibility index (Phi) is 7.34. The first-order chi connectivity index (χ1) is 13.9. The van der Waals surface area contributed by atoms with Crippen molar-refractivity contribution in [1.29, 1.82) is 0 Å². The minimum absolute atomic E-state index is 0.283. The van der Waals surface area contributed by atoms with Gasteiger partial charge in [-0.1, -0.05) is 29.3 Å². The Morgan fingerprint density at radius 1 is 1.28 bits per heavy atom. The molecule has 0 saturated carbocycles. The number of nitrogens with zero attached hydrogens (tertiary/aromatic N) is 3. The van der Waals surface area contributed by atoms with E-state index < -0.39 is 0 Å². The molecule has 0 aliphatic carbocycles. The van der Waals surface area contributed by atoms with Gasteiger partial charge in [-0.15, -0.1) is 6.58 Å². The molecule has 3 rings (SSSR count). The summed E-state index contributed by atoms with van der Waals surface area (Å²) in [6, 6.07) is 9.51. The highest BCUT2D eigenvalue weighted by atomic mass is 35.5. The lowest BCUT2D eigenvalue weighted by Gasteiger charge is -2.36. The number of halogens is 1. The van der Waals surface area contributed by atoms with Crippen LogP contribution in [-0.2, 0) is 0 Å². The molecule has 29 heavy (non-hydrogen) atoms. The summed E-state index contributed by atoms with van der Waals surface area (Å²) in [5.74, 6) is 0.698. The molecule has 1 aliphatic rings. The van der Waals surface area contributed by atoms with Gasteiger partial charge in [-0.25, -0.2) is 9.48 Å². The summed E-state index contributed by atoms with van der Waals surface area (Å²) >= 11 is 6.11. The number of urea groups is 1. The standard InChI is InChI=1S/C22H30ClN5O/c1-16(2)8-9-17(3)27-14-11-18(12-15-27)28-21(10-13-24-28)26-22(29)25-20-7-5-4-6-19(20)23/h4-7,10,13,17-18H,1,8-9,11-12,14-15H2,2-3H3,(H2,25,26,29). The number of hydrogen-bond donors (Lipinski definition) is 2. The van der Waals surface area contributed by atoms with E-state index in [0.717, 1.165) is 38.8 Å². The highest BCUT2D eigenvalue weighted by molar-refractivity contribution is 6.33. The third kappa shape index (κ3) is 5.84. The molecule has 0 spiro atoms. The molecule has 1 aromatic heterocycles. The van der Waals surface area contributed by atoms with Gasteiger partial charge < -0.3 is 10.2 Å². The lowest BCUT2D eigenvalue weighted by molar-refractivity contribution is 0.134. The van der Waals surface area contributed by atoms with Gasteiger partial charge in [0.25, 0.3) is 0 Å². The third-order valence-electron chi connectivity index (χ3n) is 5.49. The van der Waals surface area contributed by atoms with E-state index in [2.05, 4.69) is 41.1 Å². The number of hydrogen-bond acceptors (Lipinski definition) is 3. The summed E-state index contributed by atoms with van der Waals surface area (Å²) in [6.07, 6.45) is 5.98. The normalized spacial score (nSPS) is 16.4. The largest absolute Gasteiger partial charge is 0.324 e. The molecule has 1 fully saturated rings. The zero-order valence-electron chi connectivity index (χ0n) is 17.2. The second-order valence-corrected chi connectivity index (χ2v) is 8.24. The van der Waals surface area contributed by atoms with Gasteiger partial charge in [-0.3, -0.25) is 5.32 Å². The monoisotopic (exact) mass is 415 g/mol. The Labute approximate surface area is 177 Å². The maximum atomic E-state index is 12.4. The van der Waals surface area contributed by atoms with Gasteiger partial charge in [0.1, 0.15) is 5.82 Å². The maximum absolute atomic E-state index is 12.4. The number of benzene rings is 1. The Hall–Kier alpha value is -2.31. The Bertz CT molecular complexity index is 841. The highest BCUT2D eigenvalue weighted by Gasteiger charge is 2.25. The number of nitrogens with one attached hydrogen (secondary N) is 2. The molecule has 2 amide bonds. The molecule has 1 atom stereocenters. The molecule has 1 aliphatic heterocycles. The molecule has 2 aromatic rings. The van der Waals surface area contributed by atoms with Crippen LogP contribution in [0.1, 0.15) is 45.6 Å². The topological polar surface area (TPSA) is 62.2 Å². The van der Waals surface area contributed by atoms with Crippen molar-refractivity contribution in [1.82, 2.24) is 14.7 Å². The fourth-order valence-corrected chi connectivity index (χ4v) is 3.93. The van der Waals surface area contributed by atoms with E-state index in [4.69, 9.17) is 11.6 Å². The average Bonchev–Trinajstić information content (AvgIpc) is 3.16. The van der Waals surface area contributed by atoms with Crippen molar-refractivity contribution in [2.24, 2.45) is 0 Å². The van der Waals surface area contributed by atoms with Crippen molar-refractivity contribution in [2.45, 2.75) is 51.6 Å². The number of allylic oxidation sites excluding steroid dienone is 1. The lowest BCUT2D eigenvalue weighted by atomic mass is 10.0. The number of carbonyl (C=O) groups excluding carboxylic acids is 1. The smallest absolute Gasteiger partial charge is 0.306 e. The predicted octanol–water partition coefficient (Wildman–Crippen LogP) is 5.56. The van der Waals surface area contributed by atoms with E-state index in [1.807, 2.05) is 22.9 Å². The highest BCUT2D eigenvalue weighted by Crippen LogP contribution is 2.27. The van der Waals surface area contributed by atoms with Gasteiger partial charge >= 0.3 is 6.03 Å². The van der Waals surface area contributed by atoms with E-state index in [-0.39, 0.29) is 12.1 Å². The number of aromatic nitrogens is 2. The predicted molar refractivity (Wildman–Crippen MR) is 120 cm³/mol. The van der Waals surface area contributed by atoms with Gasteiger partial charge in [0.15, 0.2) is 0 Å². The second-order valence-electron chi connectivity index (χ2n) is 7.83. The van der Waals surface area contributed by atoms with Crippen molar-refractivity contribution in [3.63, 3.8) is 0 Å². The molecule has 2 N–H and O–H groups in total. The van der Waals surface area contributed by atoms with Crippen molar-refractivity contribution in [3.8, 4) is 0 Å². The van der Waals surface area contributed by atoms with Gasteiger partial charge in [-0.2, -0.15) is 5.10 Å². The van der Waals surface area contributed by atoms with E-state index in [9.17, 15) is 4.79 Å². The van der Waals surface area contributed by atoms with Crippen LogP contribution >= 0.6 is 11.6 Å². The molecule has 0 bridgehead atoms. The summed E-state index contributed by atoms with van der Waals surface area (Å²) < 4.78 is 1.93. The van der Waals surface area contributed by atoms with Crippen LogP contribution in [0, 0.1) is 0 Å². The number of piperidine rings is 1. The van der Waals surface area contributed by atoms with Crippen molar-refractivity contribution < 1.29 is 4.79 Å². The van der Waals surface area contributed by atoms with Gasteiger partial charge in [0.2, 0.25) is 0 Å². The van der Waals surface area contributed by atoms with Gasteiger partial charge in [-0.05, 0) is 51.7 Å². The van der Waals surface area contributed by atoms with Crippen molar-refractivity contribution >= 4 is 29.1 Å². The summed E-state index contributed by atoms with van der Waals surface area (Å²) in [6.45, 7) is 10.5.